The van der Waals surface area contributed by atoms with Crippen molar-refractivity contribution in [3.8, 4) is 5.75 Å². The summed E-state index contributed by atoms with van der Waals surface area (Å²) in [5.74, 6) is 1.81. The molecule has 0 amide bonds. The highest BCUT2D eigenvalue weighted by Gasteiger charge is 2.32. The number of nitrogens with one attached hydrogen (secondary N) is 1. The molecule has 1 unspecified atom stereocenters. The zero-order valence-electron chi connectivity index (χ0n) is 11.8. The van der Waals surface area contributed by atoms with Gasteiger partial charge in [-0.2, -0.15) is 0 Å². The highest BCUT2D eigenvalue weighted by atomic mass is 35.5. The highest BCUT2D eigenvalue weighted by molar-refractivity contribution is 6.30. The summed E-state index contributed by atoms with van der Waals surface area (Å²) >= 11 is 6.27. The minimum atomic E-state index is -0.0907. The van der Waals surface area contributed by atoms with Gasteiger partial charge in [-0.05, 0) is 75.4 Å². The van der Waals surface area contributed by atoms with Crippen LogP contribution in [-0.4, -0.2) is 18.7 Å². The van der Waals surface area contributed by atoms with Crippen molar-refractivity contribution >= 4 is 11.6 Å². The zero-order valence-corrected chi connectivity index (χ0v) is 12.5. The van der Waals surface area contributed by atoms with Crippen LogP contribution in [0.25, 0.3) is 0 Å². The van der Waals surface area contributed by atoms with Gasteiger partial charge in [0.15, 0.2) is 0 Å². The molecule has 2 aliphatic heterocycles. The van der Waals surface area contributed by atoms with Gasteiger partial charge in [0.1, 0.15) is 11.4 Å². The third-order valence-electron chi connectivity index (χ3n) is 4.11. The van der Waals surface area contributed by atoms with E-state index in [4.69, 9.17) is 16.3 Å². The Labute approximate surface area is 120 Å². The molecule has 0 spiro atoms. The van der Waals surface area contributed by atoms with E-state index in [1.54, 1.807) is 0 Å². The second kappa shape index (κ2) is 4.99. The monoisotopic (exact) mass is 279 g/mol. The fourth-order valence-electron chi connectivity index (χ4n) is 3.31. The third kappa shape index (κ3) is 2.90. The van der Waals surface area contributed by atoms with Gasteiger partial charge < -0.3 is 10.1 Å². The van der Waals surface area contributed by atoms with Crippen LogP contribution in [-0.2, 0) is 12.8 Å². The topological polar surface area (TPSA) is 21.3 Å². The second-order valence-electron chi connectivity index (χ2n) is 6.51. The molecule has 1 N–H and O–H groups in total. The fourth-order valence-corrected chi connectivity index (χ4v) is 3.57. The molecular weight excluding hydrogens is 258 g/mol. The Balaban J connectivity index is 1.85. The van der Waals surface area contributed by atoms with Crippen molar-refractivity contribution in [1.82, 2.24) is 5.32 Å². The Morgan fingerprint density at radius 1 is 1.42 bits per heavy atom. The minimum Gasteiger partial charge on any atom is -0.487 e. The summed E-state index contributed by atoms with van der Waals surface area (Å²) in [5, 5.41) is 4.33. The molecule has 1 saturated heterocycles. The molecule has 104 valence electrons. The summed E-state index contributed by atoms with van der Waals surface area (Å²) in [6.07, 6.45) is 4.61. The SMILES string of the molecule is CC1(C)Cc2cc(Cl)cc(CC3CCCNC3)c2O1. The molecule has 2 aliphatic rings. The van der Waals surface area contributed by atoms with E-state index in [2.05, 4.69) is 31.3 Å². The number of hydrogen-bond donors (Lipinski definition) is 1. The summed E-state index contributed by atoms with van der Waals surface area (Å²) in [6, 6.07) is 4.16. The maximum Gasteiger partial charge on any atom is 0.126 e. The van der Waals surface area contributed by atoms with Gasteiger partial charge in [0.2, 0.25) is 0 Å². The Morgan fingerprint density at radius 2 is 2.26 bits per heavy atom. The molecule has 2 heterocycles. The molecule has 0 radical (unpaired) electrons. The van der Waals surface area contributed by atoms with E-state index in [1.807, 2.05) is 0 Å². The quantitative estimate of drug-likeness (QED) is 0.893. The van der Waals surface area contributed by atoms with Gasteiger partial charge in [0, 0.05) is 11.4 Å². The van der Waals surface area contributed by atoms with Crippen molar-refractivity contribution < 1.29 is 4.74 Å². The number of ether oxygens (including phenoxy) is 1. The lowest BCUT2D eigenvalue weighted by atomic mass is 9.91. The number of benzene rings is 1. The van der Waals surface area contributed by atoms with Crippen LogP contribution in [0.5, 0.6) is 5.75 Å². The molecule has 19 heavy (non-hydrogen) atoms. The van der Waals surface area contributed by atoms with Crippen molar-refractivity contribution in [2.75, 3.05) is 13.1 Å². The van der Waals surface area contributed by atoms with Crippen molar-refractivity contribution in [2.24, 2.45) is 5.92 Å². The minimum absolute atomic E-state index is 0.0907. The van der Waals surface area contributed by atoms with E-state index >= 15 is 0 Å². The van der Waals surface area contributed by atoms with Crippen LogP contribution in [0.2, 0.25) is 5.02 Å². The summed E-state index contributed by atoms with van der Waals surface area (Å²) in [6.45, 7) is 6.57. The first kappa shape index (κ1) is 13.3. The van der Waals surface area contributed by atoms with Crippen LogP contribution in [0.1, 0.15) is 37.8 Å². The smallest absolute Gasteiger partial charge is 0.126 e. The summed E-state index contributed by atoms with van der Waals surface area (Å²) in [5.41, 5.74) is 2.48. The maximum absolute atomic E-state index is 6.27. The summed E-state index contributed by atoms with van der Waals surface area (Å²) < 4.78 is 6.14. The molecule has 2 nitrogen and oxygen atoms in total. The Morgan fingerprint density at radius 3 is 3.00 bits per heavy atom. The molecule has 0 saturated carbocycles. The first-order valence-electron chi connectivity index (χ1n) is 7.24. The summed E-state index contributed by atoms with van der Waals surface area (Å²) in [4.78, 5) is 0. The van der Waals surface area contributed by atoms with Gasteiger partial charge in [-0.3, -0.25) is 0 Å². The van der Waals surface area contributed by atoms with Gasteiger partial charge in [-0.1, -0.05) is 11.6 Å². The van der Waals surface area contributed by atoms with E-state index in [0.29, 0.717) is 5.92 Å². The fraction of sp³-hybridized carbons (Fsp3) is 0.625. The molecule has 1 aromatic carbocycles. The molecule has 0 aromatic heterocycles. The van der Waals surface area contributed by atoms with E-state index in [1.165, 1.54) is 24.0 Å². The number of fused-ring (bicyclic) bond motifs is 1. The highest BCUT2D eigenvalue weighted by Crippen LogP contribution is 2.40. The lowest BCUT2D eigenvalue weighted by Crippen LogP contribution is -2.31. The van der Waals surface area contributed by atoms with Crippen LogP contribution < -0.4 is 10.1 Å². The molecular formula is C16H22ClNO. The van der Waals surface area contributed by atoms with Crippen LogP contribution in [0, 0.1) is 5.92 Å². The van der Waals surface area contributed by atoms with E-state index in [-0.39, 0.29) is 5.60 Å². The predicted octanol–water partition coefficient (Wildman–Crippen LogP) is 3.60. The lowest BCUT2D eigenvalue weighted by molar-refractivity contribution is 0.136. The van der Waals surface area contributed by atoms with Gasteiger partial charge >= 0.3 is 0 Å². The third-order valence-corrected chi connectivity index (χ3v) is 4.33. The molecule has 1 fully saturated rings. The molecule has 3 heteroatoms. The zero-order chi connectivity index (χ0) is 13.5. The van der Waals surface area contributed by atoms with Crippen LogP contribution in [0.4, 0.5) is 0 Å². The Hall–Kier alpha value is -0.730. The molecule has 0 aliphatic carbocycles. The second-order valence-corrected chi connectivity index (χ2v) is 6.94. The van der Waals surface area contributed by atoms with Crippen LogP contribution in [0.15, 0.2) is 12.1 Å². The van der Waals surface area contributed by atoms with Gasteiger partial charge in [0.05, 0.1) is 0 Å². The summed E-state index contributed by atoms with van der Waals surface area (Å²) in [7, 11) is 0. The Bertz CT molecular complexity index is 478. The average Bonchev–Trinajstić information content (AvgIpc) is 2.65. The number of halogens is 1. The van der Waals surface area contributed by atoms with Gasteiger partial charge in [-0.25, -0.2) is 0 Å². The standard InChI is InChI=1S/C16H22ClNO/c1-16(2)9-13-8-14(17)7-12(15(13)19-16)6-11-4-3-5-18-10-11/h7-8,11,18H,3-6,9-10H2,1-2H3. The normalized spacial score (nSPS) is 24.9. The van der Waals surface area contributed by atoms with Crippen molar-refractivity contribution in [2.45, 2.75) is 45.1 Å². The molecule has 3 rings (SSSR count). The first-order valence-corrected chi connectivity index (χ1v) is 7.62. The van der Waals surface area contributed by atoms with Crippen molar-refractivity contribution in [1.29, 1.82) is 0 Å². The van der Waals surface area contributed by atoms with Crippen molar-refractivity contribution in [3.05, 3.63) is 28.3 Å². The van der Waals surface area contributed by atoms with Gasteiger partial charge in [0.25, 0.3) is 0 Å². The number of rotatable bonds is 2. The average molecular weight is 280 g/mol. The number of piperidine rings is 1. The maximum atomic E-state index is 6.27. The Kier molecular flexibility index (Phi) is 3.48. The molecule has 0 bridgehead atoms. The first-order chi connectivity index (χ1) is 9.03. The molecule has 1 aromatic rings. The van der Waals surface area contributed by atoms with Crippen molar-refractivity contribution in [3.63, 3.8) is 0 Å². The number of hydrogen-bond acceptors (Lipinski definition) is 2. The van der Waals surface area contributed by atoms with Crippen LogP contribution in [0.3, 0.4) is 0 Å². The van der Waals surface area contributed by atoms with Gasteiger partial charge in [-0.15, -0.1) is 0 Å². The molecule has 1 atom stereocenters. The lowest BCUT2D eigenvalue weighted by Gasteiger charge is -2.24. The largest absolute Gasteiger partial charge is 0.487 e. The van der Waals surface area contributed by atoms with E-state index < -0.39 is 0 Å². The predicted molar refractivity (Wildman–Crippen MR) is 79.2 cm³/mol. The van der Waals surface area contributed by atoms with E-state index in [0.717, 1.165) is 36.7 Å². The van der Waals surface area contributed by atoms with E-state index in [9.17, 15) is 0 Å². The van der Waals surface area contributed by atoms with Crippen LogP contribution >= 0.6 is 11.6 Å².